The molecule has 0 bridgehead atoms. The van der Waals surface area contributed by atoms with Crippen molar-refractivity contribution in [2.45, 2.75) is 44.2 Å². The zero-order chi connectivity index (χ0) is 17.0. The molecule has 5 nitrogen and oxygen atoms in total. The maximum atomic E-state index is 10.2. The van der Waals surface area contributed by atoms with E-state index in [1.165, 1.54) is 5.69 Å². The van der Waals surface area contributed by atoms with Gasteiger partial charge in [0.25, 0.3) is 0 Å². The van der Waals surface area contributed by atoms with E-state index in [9.17, 15) is 5.11 Å². The van der Waals surface area contributed by atoms with Gasteiger partial charge in [-0.1, -0.05) is 15.9 Å². The van der Waals surface area contributed by atoms with Gasteiger partial charge in [-0.05, 0) is 56.9 Å². The molecule has 24 heavy (non-hydrogen) atoms. The summed E-state index contributed by atoms with van der Waals surface area (Å²) >= 11 is 3.48. The molecule has 1 unspecified atom stereocenters. The molecule has 2 aliphatic rings. The Morgan fingerprint density at radius 3 is 2.75 bits per heavy atom. The number of rotatable bonds is 5. The van der Waals surface area contributed by atoms with Gasteiger partial charge in [0.15, 0.2) is 5.96 Å². The van der Waals surface area contributed by atoms with E-state index in [2.05, 4.69) is 67.6 Å². The van der Waals surface area contributed by atoms with Crippen LogP contribution in [0.5, 0.6) is 0 Å². The van der Waals surface area contributed by atoms with Crippen LogP contribution < -0.4 is 15.5 Å². The molecule has 3 N–H and O–H groups in total. The van der Waals surface area contributed by atoms with Crippen LogP contribution in [-0.4, -0.2) is 48.9 Å². The Bertz CT molecular complexity index is 571. The molecule has 1 aromatic rings. The number of nitrogens with one attached hydrogen (secondary N) is 2. The van der Waals surface area contributed by atoms with Gasteiger partial charge < -0.3 is 20.6 Å². The predicted octanol–water partition coefficient (Wildman–Crippen LogP) is 2.50. The van der Waals surface area contributed by atoms with E-state index >= 15 is 0 Å². The summed E-state index contributed by atoms with van der Waals surface area (Å²) in [6.45, 7) is 5.40. The average Bonchev–Trinajstić information content (AvgIpc) is 3.00. The fourth-order valence-corrected chi connectivity index (χ4v) is 3.51. The molecule has 1 aliphatic heterocycles. The summed E-state index contributed by atoms with van der Waals surface area (Å²) in [5.74, 6) is 0.820. The van der Waals surface area contributed by atoms with Gasteiger partial charge in [-0.25, -0.2) is 0 Å². The molecule has 1 atom stereocenters. The first-order chi connectivity index (χ1) is 11.6. The fourth-order valence-electron chi connectivity index (χ4n) is 3.25. The zero-order valence-electron chi connectivity index (χ0n) is 14.3. The Morgan fingerprint density at radius 1 is 1.38 bits per heavy atom. The largest absolute Gasteiger partial charge is 0.388 e. The number of aliphatic imine (C=N–C) groups is 1. The van der Waals surface area contributed by atoms with Crippen molar-refractivity contribution in [2.24, 2.45) is 4.99 Å². The summed E-state index contributed by atoms with van der Waals surface area (Å²) in [5, 5.41) is 17.0. The minimum atomic E-state index is -0.568. The summed E-state index contributed by atoms with van der Waals surface area (Å²) in [7, 11) is 0. The third kappa shape index (κ3) is 4.42. The second-order valence-electron chi connectivity index (χ2n) is 6.83. The minimum absolute atomic E-state index is 0.377. The summed E-state index contributed by atoms with van der Waals surface area (Å²) in [6.07, 6.45) is 3.94. The molecule has 1 saturated carbocycles. The van der Waals surface area contributed by atoms with Crippen LogP contribution in [0.4, 0.5) is 5.69 Å². The number of hydrogen-bond acceptors (Lipinski definition) is 3. The molecular formula is C18H27BrN4O. The van der Waals surface area contributed by atoms with Crippen LogP contribution in [-0.2, 0) is 0 Å². The maximum absolute atomic E-state index is 10.2. The van der Waals surface area contributed by atoms with Crippen LogP contribution in [0.3, 0.4) is 0 Å². The molecule has 2 fully saturated rings. The van der Waals surface area contributed by atoms with Crippen molar-refractivity contribution in [3.8, 4) is 0 Å². The van der Waals surface area contributed by atoms with E-state index in [-0.39, 0.29) is 0 Å². The Labute approximate surface area is 152 Å². The first kappa shape index (κ1) is 17.5. The molecule has 3 rings (SSSR count). The first-order valence-electron chi connectivity index (χ1n) is 8.86. The van der Waals surface area contributed by atoms with Gasteiger partial charge in [0.2, 0.25) is 0 Å². The highest BCUT2D eigenvalue weighted by atomic mass is 79.9. The summed E-state index contributed by atoms with van der Waals surface area (Å²) in [4.78, 5) is 7.00. The van der Waals surface area contributed by atoms with Crippen molar-refractivity contribution < 1.29 is 5.11 Å². The van der Waals surface area contributed by atoms with E-state index < -0.39 is 5.60 Å². The Morgan fingerprint density at radius 2 is 2.12 bits per heavy atom. The van der Waals surface area contributed by atoms with Gasteiger partial charge in [-0.3, -0.25) is 4.99 Å². The van der Waals surface area contributed by atoms with Gasteiger partial charge in [-0.15, -0.1) is 0 Å². The predicted molar refractivity (Wildman–Crippen MR) is 103 cm³/mol. The highest BCUT2D eigenvalue weighted by Crippen LogP contribution is 2.31. The molecule has 132 valence electrons. The van der Waals surface area contributed by atoms with Gasteiger partial charge in [-0.2, -0.15) is 0 Å². The van der Waals surface area contributed by atoms with E-state index in [1.54, 1.807) is 0 Å². The van der Waals surface area contributed by atoms with Gasteiger partial charge >= 0.3 is 0 Å². The lowest BCUT2D eigenvalue weighted by Gasteiger charge is -2.35. The second-order valence-corrected chi connectivity index (χ2v) is 7.74. The smallest absolute Gasteiger partial charge is 0.191 e. The van der Waals surface area contributed by atoms with E-state index in [4.69, 9.17) is 0 Å². The molecule has 1 heterocycles. The Balaban J connectivity index is 1.55. The first-order valence-corrected chi connectivity index (χ1v) is 9.65. The lowest BCUT2D eigenvalue weighted by atomic mass is 9.80. The van der Waals surface area contributed by atoms with E-state index in [0.717, 1.165) is 55.7 Å². The number of halogens is 1. The van der Waals surface area contributed by atoms with Crippen LogP contribution in [0.1, 0.15) is 32.6 Å². The van der Waals surface area contributed by atoms with Crippen LogP contribution in [0, 0.1) is 0 Å². The normalized spacial score (nSPS) is 23.0. The third-order valence-electron chi connectivity index (χ3n) is 4.88. The Kier molecular flexibility index (Phi) is 5.66. The summed E-state index contributed by atoms with van der Waals surface area (Å²) in [6, 6.07) is 8.85. The third-order valence-corrected chi connectivity index (χ3v) is 5.41. The van der Waals surface area contributed by atoms with Crippen molar-refractivity contribution in [3.05, 3.63) is 28.7 Å². The van der Waals surface area contributed by atoms with Gasteiger partial charge in [0.1, 0.15) is 0 Å². The average molecular weight is 395 g/mol. The number of hydrogen-bond donors (Lipinski definition) is 3. The van der Waals surface area contributed by atoms with Crippen LogP contribution in [0.25, 0.3) is 0 Å². The molecule has 0 aromatic heterocycles. The second kappa shape index (κ2) is 7.74. The lowest BCUT2D eigenvalue weighted by Crippen LogP contribution is -2.46. The molecule has 0 amide bonds. The Hall–Kier alpha value is -1.27. The van der Waals surface area contributed by atoms with Crippen LogP contribution >= 0.6 is 15.9 Å². The summed E-state index contributed by atoms with van der Waals surface area (Å²) in [5.41, 5.74) is 0.690. The highest BCUT2D eigenvalue weighted by Gasteiger charge is 2.34. The highest BCUT2D eigenvalue weighted by molar-refractivity contribution is 9.10. The summed E-state index contributed by atoms with van der Waals surface area (Å²) < 4.78 is 1.11. The molecule has 6 heteroatoms. The number of aliphatic hydroxyl groups is 1. The van der Waals surface area contributed by atoms with Crippen molar-refractivity contribution >= 4 is 27.6 Å². The van der Waals surface area contributed by atoms with Crippen molar-refractivity contribution in [2.75, 3.05) is 31.1 Å². The molecule has 1 saturated heterocycles. The minimum Gasteiger partial charge on any atom is -0.388 e. The van der Waals surface area contributed by atoms with Crippen LogP contribution in [0.2, 0.25) is 0 Å². The molecule has 0 radical (unpaired) electrons. The van der Waals surface area contributed by atoms with Crippen molar-refractivity contribution in [1.29, 1.82) is 0 Å². The SMILES string of the molecule is CCNC(=NCC1(O)CCC1)NC1CCN(c2ccc(Br)cc2)C1. The molecule has 1 aliphatic carbocycles. The quantitative estimate of drug-likeness (QED) is 0.530. The number of guanidine groups is 1. The maximum Gasteiger partial charge on any atom is 0.191 e. The molecular weight excluding hydrogens is 368 g/mol. The van der Waals surface area contributed by atoms with E-state index in [1.807, 2.05) is 0 Å². The topological polar surface area (TPSA) is 59.9 Å². The fraction of sp³-hybridized carbons (Fsp3) is 0.611. The monoisotopic (exact) mass is 394 g/mol. The van der Waals surface area contributed by atoms with E-state index in [0.29, 0.717) is 12.6 Å². The van der Waals surface area contributed by atoms with Crippen LogP contribution in [0.15, 0.2) is 33.7 Å². The number of nitrogens with zero attached hydrogens (tertiary/aromatic N) is 2. The van der Waals surface area contributed by atoms with Crippen molar-refractivity contribution in [1.82, 2.24) is 10.6 Å². The lowest BCUT2D eigenvalue weighted by molar-refractivity contribution is -0.0236. The zero-order valence-corrected chi connectivity index (χ0v) is 15.8. The number of anilines is 1. The van der Waals surface area contributed by atoms with Crippen molar-refractivity contribution in [3.63, 3.8) is 0 Å². The molecule has 1 aromatic carbocycles. The molecule has 0 spiro atoms. The standard InChI is InChI=1S/C18H27BrN4O/c1-2-20-17(21-13-18(24)9-3-10-18)22-15-8-11-23(12-15)16-6-4-14(19)5-7-16/h4-7,15,24H,2-3,8-13H2,1H3,(H2,20,21,22). The number of benzene rings is 1. The van der Waals surface area contributed by atoms with Gasteiger partial charge in [0, 0.05) is 35.8 Å². The van der Waals surface area contributed by atoms with Gasteiger partial charge in [0.05, 0.1) is 12.1 Å².